The third kappa shape index (κ3) is 1.76. The highest BCUT2D eigenvalue weighted by Gasteiger charge is 2.49. The van der Waals surface area contributed by atoms with Crippen LogP contribution in [0.1, 0.15) is 5.56 Å². The lowest BCUT2D eigenvalue weighted by Gasteiger charge is -2.49. The molecule has 2 heterocycles. The fourth-order valence-corrected chi connectivity index (χ4v) is 2.65. The number of rotatable bonds is 2. The van der Waals surface area contributed by atoms with Gasteiger partial charge in [-0.05, 0) is 6.07 Å². The summed E-state index contributed by atoms with van der Waals surface area (Å²) in [5.74, 6) is -0.150. The molecule has 0 aliphatic carbocycles. The van der Waals surface area contributed by atoms with Gasteiger partial charge in [-0.25, -0.2) is 4.39 Å². The first-order valence-corrected chi connectivity index (χ1v) is 5.97. The summed E-state index contributed by atoms with van der Waals surface area (Å²) in [5, 5.41) is 3.42. The number of nitrogens with one attached hydrogen (secondary N) is 1. The summed E-state index contributed by atoms with van der Waals surface area (Å²) in [4.78, 5) is 0. The van der Waals surface area contributed by atoms with Crippen molar-refractivity contribution in [3.8, 4) is 0 Å². The van der Waals surface area contributed by atoms with Gasteiger partial charge in [0.2, 0.25) is 0 Å². The highest BCUT2D eigenvalue weighted by molar-refractivity contribution is 5.32. The maximum Gasteiger partial charge on any atom is 0.127 e. The van der Waals surface area contributed by atoms with Crippen LogP contribution in [0.2, 0.25) is 0 Å². The second kappa shape index (κ2) is 4.37. The van der Waals surface area contributed by atoms with Gasteiger partial charge in [0.1, 0.15) is 5.82 Å². The number of halogens is 1. The van der Waals surface area contributed by atoms with E-state index >= 15 is 0 Å². The Hall–Kier alpha value is -0.970. The monoisotopic (exact) mass is 237 g/mol. The van der Waals surface area contributed by atoms with Crippen LogP contribution in [0.3, 0.4) is 0 Å². The van der Waals surface area contributed by atoms with Crippen LogP contribution in [0.5, 0.6) is 0 Å². The lowest BCUT2D eigenvalue weighted by molar-refractivity contribution is -0.102. The second-order valence-corrected chi connectivity index (χ2v) is 4.71. The molecule has 4 heteroatoms. The Morgan fingerprint density at radius 3 is 2.65 bits per heavy atom. The molecular weight excluding hydrogens is 221 g/mol. The van der Waals surface area contributed by atoms with Crippen molar-refractivity contribution in [3.05, 3.63) is 35.6 Å². The molecule has 2 fully saturated rings. The smallest absolute Gasteiger partial charge is 0.127 e. The van der Waals surface area contributed by atoms with Crippen LogP contribution >= 0.6 is 0 Å². The molecule has 1 atom stereocenters. The van der Waals surface area contributed by atoms with Crippen LogP contribution in [0, 0.1) is 5.82 Å². The first-order valence-electron chi connectivity index (χ1n) is 5.97. The molecule has 1 aromatic rings. The summed E-state index contributed by atoms with van der Waals surface area (Å²) in [6, 6.07) is 7.11. The van der Waals surface area contributed by atoms with Crippen molar-refractivity contribution in [1.29, 1.82) is 0 Å². The van der Waals surface area contributed by atoms with E-state index in [1.54, 1.807) is 6.07 Å². The van der Waals surface area contributed by atoms with Crippen LogP contribution in [0.25, 0.3) is 0 Å². The average molecular weight is 237 g/mol. The number of ether oxygens (including phenoxy) is 2. The van der Waals surface area contributed by atoms with Gasteiger partial charge in [-0.1, -0.05) is 18.2 Å². The molecule has 3 nitrogen and oxygen atoms in total. The molecular formula is C13H16FNO2. The number of hydrogen-bond donors (Lipinski definition) is 1. The molecule has 1 aromatic carbocycles. The van der Waals surface area contributed by atoms with Crippen molar-refractivity contribution in [1.82, 2.24) is 5.32 Å². The van der Waals surface area contributed by atoms with E-state index in [4.69, 9.17) is 9.47 Å². The molecule has 2 saturated heterocycles. The zero-order valence-electron chi connectivity index (χ0n) is 9.62. The van der Waals surface area contributed by atoms with Gasteiger partial charge in [-0.2, -0.15) is 0 Å². The van der Waals surface area contributed by atoms with Crippen LogP contribution in [0.4, 0.5) is 4.39 Å². The summed E-state index contributed by atoms with van der Waals surface area (Å²) < 4.78 is 24.8. The highest BCUT2D eigenvalue weighted by Crippen LogP contribution is 2.37. The summed E-state index contributed by atoms with van der Waals surface area (Å²) >= 11 is 0. The highest BCUT2D eigenvalue weighted by atomic mass is 19.1. The fourth-order valence-electron chi connectivity index (χ4n) is 2.65. The molecule has 0 saturated carbocycles. The zero-order valence-corrected chi connectivity index (χ0v) is 9.62. The van der Waals surface area contributed by atoms with Crippen LogP contribution in [-0.2, 0) is 14.9 Å². The van der Waals surface area contributed by atoms with Crippen LogP contribution in [0.15, 0.2) is 24.3 Å². The van der Waals surface area contributed by atoms with Crippen molar-refractivity contribution in [2.45, 2.75) is 11.5 Å². The number of hydrogen-bond acceptors (Lipinski definition) is 3. The van der Waals surface area contributed by atoms with Gasteiger partial charge in [0.05, 0.1) is 31.8 Å². The Bertz CT molecular complexity index is 400. The maximum absolute atomic E-state index is 13.9. The van der Waals surface area contributed by atoms with Gasteiger partial charge in [0, 0.05) is 18.2 Å². The lowest BCUT2D eigenvalue weighted by atomic mass is 9.72. The predicted molar refractivity (Wildman–Crippen MR) is 61.5 cm³/mol. The van der Waals surface area contributed by atoms with Crippen molar-refractivity contribution in [2.24, 2.45) is 0 Å². The molecule has 3 rings (SSSR count). The van der Waals surface area contributed by atoms with Crippen LogP contribution in [-0.4, -0.2) is 39.0 Å². The fraction of sp³-hybridized carbons (Fsp3) is 0.538. The van der Waals surface area contributed by atoms with Gasteiger partial charge in [-0.3, -0.25) is 0 Å². The van der Waals surface area contributed by atoms with Crippen molar-refractivity contribution in [3.63, 3.8) is 0 Å². The second-order valence-electron chi connectivity index (χ2n) is 4.71. The van der Waals surface area contributed by atoms with E-state index < -0.39 is 0 Å². The van der Waals surface area contributed by atoms with Gasteiger partial charge >= 0.3 is 0 Å². The third-order valence-electron chi connectivity index (χ3n) is 3.72. The summed E-state index contributed by atoms with van der Waals surface area (Å²) in [6.45, 7) is 3.30. The predicted octanol–water partition coefficient (Wildman–Crippen LogP) is 1.08. The molecule has 0 amide bonds. The van der Waals surface area contributed by atoms with Crippen molar-refractivity contribution >= 4 is 0 Å². The van der Waals surface area contributed by atoms with Crippen molar-refractivity contribution < 1.29 is 13.9 Å². The van der Waals surface area contributed by atoms with Crippen LogP contribution < -0.4 is 5.32 Å². The quantitative estimate of drug-likeness (QED) is 0.835. The van der Waals surface area contributed by atoms with E-state index in [0.29, 0.717) is 19.8 Å². The first kappa shape index (κ1) is 11.1. The Morgan fingerprint density at radius 1 is 1.24 bits per heavy atom. The number of benzene rings is 1. The van der Waals surface area contributed by atoms with Gasteiger partial charge in [0.25, 0.3) is 0 Å². The van der Waals surface area contributed by atoms with E-state index in [-0.39, 0.29) is 17.3 Å². The summed E-state index contributed by atoms with van der Waals surface area (Å²) in [7, 11) is 0. The van der Waals surface area contributed by atoms with E-state index in [1.807, 2.05) is 12.1 Å². The summed E-state index contributed by atoms with van der Waals surface area (Å²) in [6.07, 6.45) is 0. The van der Waals surface area contributed by atoms with Gasteiger partial charge in [0.15, 0.2) is 0 Å². The molecule has 0 spiro atoms. The molecule has 2 aliphatic heterocycles. The van der Waals surface area contributed by atoms with E-state index in [9.17, 15) is 4.39 Å². The first-order chi connectivity index (χ1) is 8.33. The van der Waals surface area contributed by atoms with E-state index in [1.165, 1.54) is 6.07 Å². The minimum atomic E-state index is -0.258. The normalized spacial score (nSPS) is 27.5. The third-order valence-corrected chi connectivity index (χ3v) is 3.72. The SMILES string of the molecule is Fc1ccccc1C1(C2COCCN2)COC1. The lowest BCUT2D eigenvalue weighted by Crippen LogP contribution is -2.64. The summed E-state index contributed by atoms with van der Waals surface area (Å²) in [5.41, 5.74) is 0.487. The molecule has 0 bridgehead atoms. The molecule has 1 unspecified atom stereocenters. The molecule has 0 radical (unpaired) electrons. The molecule has 0 aromatic heterocycles. The average Bonchev–Trinajstić information content (AvgIpc) is 2.32. The molecule has 17 heavy (non-hydrogen) atoms. The minimum absolute atomic E-state index is 0.141. The Kier molecular flexibility index (Phi) is 2.86. The number of morpholine rings is 1. The molecule has 1 N–H and O–H groups in total. The Morgan fingerprint density at radius 2 is 2.06 bits per heavy atom. The Labute approximate surface area is 99.9 Å². The topological polar surface area (TPSA) is 30.5 Å². The molecule has 2 aliphatic rings. The Balaban J connectivity index is 1.93. The van der Waals surface area contributed by atoms with E-state index in [2.05, 4.69) is 5.32 Å². The largest absolute Gasteiger partial charge is 0.379 e. The molecule has 92 valence electrons. The minimum Gasteiger partial charge on any atom is -0.379 e. The standard InChI is InChI=1S/C13H16FNO2/c14-11-4-2-1-3-10(11)13(8-17-9-13)12-7-16-6-5-15-12/h1-4,12,15H,5-9H2. The zero-order chi connectivity index (χ0) is 11.7. The maximum atomic E-state index is 13.9. The van der Waals surface area contributed by atoms with Crippen molar-refractivity contribution in [2.75, 3.05) is 33.0 Å². The van der Waals surface area contributed by atoms with E-state index in [0.717, 1.165) is 18.7 Å². The van der Waals surface area contributed by atoms with Gasteiger partial charge in [-0.15, -0.1) is 0 Å². The van der Waals surface area contributed by atoms with Gasteiger partial charge < -0.3 is 14.8 Å².